The minimum Gasteiger partial charge on any atom is -0.493 e. The van der Waals surface area contributed by atoms with Crippen molar-refractivity contribution in [3.8, 4) is 11.5 Å². The number of carbonyl (C=O) groups excluding carboxylic acids is 3. The first-order valence-corrected chi connectivity index (χ1v) is 15.8. The zero-order chi connectivity index (χ0) is 35.2. The second-order valence-electron chi connectivity index (χ2n) is 12.5. The van der Waals surface area contributed by atoms with Crippen molar-refractivity contribution in [1.82, 2.24) is 0 Å². The van der Waals surface area contributed by atoms with Crippen LogP contribution in [0, 0.1) is 12.3 Å². The summed E-state index contributed by atoms with van der Waals surface area (Å²) in [6, 6.07) is 15.8. The van der Waals surface area contributed by atoms with Crippen molar-refractivity contribution in [2.45, 2.75) is 59.2 Å². The number of ether oxygens (including phenoxy) is 4. The molecule has 0 radical (unpaired) electrons. The van der Waals surface area contributed by atoms with E-state index in [1.807, 2.05) is 26.8 Å². The second-order valence-corrected chi connectivity index (χ2v) is 12.9. The number of carboxylic acid groups (broad SMARTS) is 1. The van der Waals surface area contributed by atoms with Gasteiger partial charge in [0.1, 0.15) is 12.2 Å². The fraction of sp³-hybridized carbons (Fsp3) is 0.389. The normalized spacial score (nSPS) is 16.1. The molecule has 2 N–H and O–H groups in total. The van der Waals surface area contributed by atoms with E-state index < -0.39 is 41.4 Å². The molecule has 4 rings (SSSR count). The first-order chi connectivity index (χ1) is 22.7. The van der Waals surface area contributed by atoms with Crippen molar-refractivity contribution < 1.29 is 43.2 Å². The van der Waals surface area contributed by atoms with E-state index in [1.165, 1.54) is 21.1 Å². The van der Waals surface area contributed by atoms with E-state index in [1.54, 1.807) is 53.4 Å². The number of halogens is 1. The van der Waals surface area contributed by atoms with Gasteiger partial charge in [-0.3, -0.25) is 19.2 Å². The van der Waals surface area contributed by atoms with Crippen molar-refractivity contribution in [2.24, 2.45) is 5.41 Å². The van der Waals surface area contributed by atoms with E-state index in [9.17, 15) is 19.2 Å². The van der Waals surface area contributed by atoms with Gasteiger partial charge in [-0.25, -0.2) is 0 Å². The Kier molecular flexibility index (Phi) is 11.7. The smallest absolute Gasteiger partial charge is 0.303 e. The number of aryl methyl sites for hydroxylation is 2. The number of fused-ring (bicyclic) bond motifs is 1. The Bertz CT molecular complexity index is 1690. The number of nitrogens with one attached hydrogen (secondary N) is 1. The molecular formula is C36H41ClN2O9. The summed E-state index contributed by atoms with van der Waals surface area (Å²) >= 11 is 6.53. The quantitative estimate of drug-likeness (QED) is 0.204. The van der Waals surface area contributed by atoms with Crippen LogP contribution in [-0.2, 0) is 35.1 Å². The zero-order valence-corrected chi connectivity index (χ0v) is 28.7. The van der Waals surface area contributed by atoms with Crippen LogP contribution in [0.1, 0.15) is 62.0 Å². The van der Waals surface area contributed by atoms with Gasteiger partial charge in [0.2, 0.25) is 5.91 Å². The number of carboxylic acids is 1. The SMILES string of the molecule is COc1cccc([C@H]2O[C@H](CC(=O)Nc3cc(CCC(=O)O)ccc3C)C(=O)N(CC(C)(C)COC(C)=O)c3ccc(Cl)cc32)c1OC. The number of benzene rings is 3. The molecule has 0 spiro atoms. The first-order valence-electron chi connectivity index (χ1n) is 15.4. The zero-order valence-electron chi connectivity index (χ0n) is 27.9. The highest BCUT2D eigenvalue weighted by atomic mass is 35.5. The maximum absolute atomic E-state index is 14.5. The third-order valence-corrected chi connectivity index (χ3v) is 8.18. The van der Waals surface area contributed by atoms with E-state index in [-0.39, 0.29) is 26.0 Å². The number of para-hydroxylation sites is 1. The second kappa shape index (κ2) is 15.5. The molecule has 3 aromatic rings. The Morgan fingerprint density at radius 3 is 2.46 bits per heavy atom. The van der Waals surface area contributed by atoms with Crippen molar-refractivity contribution in [3.05, 3.63) is 81.9 Å². The monoisotopic (exact) mass is 680 g/mol. The number of rotatable bonds is 13. The lowest BCUT2D eigenvalue weighted by Gasteiger charge is -2.33. The summed E-state index contributed by atoms with van der Waals surface area (Å²) in [6.45, 7) is 7.06. The Morgan fingerprint density at radius 1 is 1.04 bits per heavy atom. The highest BCUT2D eigenvalue weighted by molar-refractivity contribution is 6.30. The summed E-state index contributed by atoms with van der Waals surface area (Å²) in [5.41, 5.74) is 2.97. The topological polar surface area (TPSA) is 141 Å². The van der Waals surface area contributed by atoms with Crippen LogP contribution in [-0.4, -0.2) is 62.3 Å². The Hall–Kier alpha value is -4.61. The van der Waals surface area contributed by atoms with Crippen LogP contribution in [0.25, 0.3) is 0 Å². The molecule has 3 aromatic carbocycles. The van der Waals surface area contributed by atoms with Gasteiger partial charge in [-0.15, -0.1) is 0 Å². The molecule has 12 heteroatoms. The molecule has 2 amide bonds. The molecule has 0 saturated carbocycles. The fourth-order valence-corrected chi connectivity index (χ4v) is 5.76. The highest BCUT2D eigenvalue weighted by Gasteiger charge is 2.41. The van der Waals surface area contributed by atoms with Gasteiger partial charge in [0.15, 0.2) is 11.5 Å². The van der Waals surface area contributed by atoms with Crippen molar-refractivity contribution in [1.29, 1.82) is 0 Å². The summed E-state index contributed by atoms with van der Waals surface area (Å²) < 4.78 is 23.2. The third-order valence-electron chi connectivity index (χ3n) is 7.95. The van der Waals surface area contributed by atoms with Crippen molar-refractivity contribution in [2.75, 3.05) is 37.6 Å². The maximum Gasteiger partial charge on any atom is 0.303 e. The van der Waals surface area contributed by atoms with Gasteiger partial charge >= 0.3 is 11.9 Å². The number of amides is 2. The lowest BCUT2D eigenvalue weighted by atomic mass is 9.92. The molecule has 11 nitrogen and oxygen atoms in total. The molecule has 1 aliphatic heterocycles. The molecule has 48 heavy (non-hydrogen) atoms. The van der Waals surface area contributed by atoms with E-state index in [4.69, 9.17) is 35.7 Å². The summed E-state index contributed by atoms with van der Waals surface area (Å²) in [7, 11) is 3.02. The van der Waals surface area contributed by atoms with Crippen LogP contribution in [0.4, 0.5) is 11.4 Å². The molecule has 2 atom stereocenters. The molecule has 0 aromatic heterocycles. The molecule has 0 fully saturated rings. The van der Waals surface area contributed by atoms with Crippen LogP contribution >= 0.6 is 11.6 Å². The van der Waals surface area contributed by atoms with E-state index in [0.717, 1.165) is 11.1 Å². The maximum atomic E-state index is 14.5. The average Bonchev–Trinajstić information content (AvgIpc) is 3.13. The summed E-state index contributed by atoms with van der Waals surface area (Å²) in [5, 5.41) is 12.4. The predicted molar refractivity (Wildman–Crippen MR) is 181 cm³/mol. The predicted octanol–water partition coefficient (Wildman–Crippen LogP) is 6.12. The van der Waals surface area contributed by atoms with E-state index in [0.29, 0.717) is 45.4 Å². The van der Waals surface area contributed by atoms with Gasteiger partial charge in [-0.05, 0) is 54.8 Å². The summed E-state index contributed by atoms with van der Waals surface area (Å²) in [4.78, 5) is 52.5. The number of nitrogens with zero attached hydrogens (tertiary/aromatic N) is 1. The largest absolute Gasteiger partial charge is 0.493 e. The molecule has 0 aliphatic carbocycles. The van der Waals surface area contributed by atoms with Crippen molar-refractivity contribution in [3.63, 3.8) is 0 Å². The molecule has 0 saturated heterocycles. The van der Waals surface area contributed by atoms with Crippen LogP contribution in [0.2, 0.25) is 5.02 Å². The van der Waals surface area contributed by atoms with Gasteiger partial charge in [0, 0.05) is 52.8 Å². The summed E-state index contributed by atoms with van der Waals surface area (Å²) in [5.74, 6) is -1.47. The highest BCUT2D eigenvalue weighted by Crippen LogP contribution is 2.45. The number of esters is 1. The molecule has 256 valence electrons. The summed E-state index contributed by atoms with van der Waals surface area (Å²) in [6.07, 6.45) is -2.27. The molecule has 0 unspecified atom stereocenters. The van der Waals surface area contributed by atoms with Crippen LogP contribution in [0.3, 0.4) is 0 Å². The van der Waals surface area contributed by atoms with E-state index >= 15 is 0 Å². The van der Waals surface area contributed by atoms with Crippen LogP contribution in [0.5, 0.6) is 11.5 Å². The lowest BCUT2D eigenvalue weighted by Crippen LogP contribution is -2.46. The molecule has 0 bridgehead atoms. The Labute approximate surface area is 285 Å². The van der Waals surface area contributed by atoms with Gasteiger partial charge in [-0.2, -0.15) is 0 Å². The molecule has 1 aliphatic rings. The molecule has 1 heterocycles. The lowest BCUT2D eigenvalue weighted by molar-refractivity contribution is -0.144. The number of aliphatic carboxylic acids is 1. The van der Waals surface area contributed by atoms with Crippen LogP contribution in [0.15, 0.2) is 54.6 Å². The van der Waals surface area contributed by atoms with Gasteiger partial charge in [0.25, 0.3) is 5.91 Å². The average molecular weight is 681 g/mol. The van der Waals surface area contributed by atoms with Gasteiger partial charge in [-0.1, -0.05) is 49.7 Å². The number of hydrogen-bond donors (Lipinski definition) is 2. The molecular weight excluding hydrogens is 640 g/mol. The van der Waals surface area contributed by atoms with Gasteiger partial charge in [0.05, 0.1) is 27.2 Å². The Balaban J connectivity index is 1.77. The Morgan fingerprint density at radius 2 is 1.79 bits per heavy atom. The minimum atomic E-state index is -1.27. The van der Waals surface area contributed by atoms with Crippen LogP contribution < -0.4 is 19.7 Å². The number of hydrogen-bond acceptors (Lipinski definition) is 8. The number of carbonyl (C=O) groups is 4. The third kappa shape index (κ3) is 8.84. The number of methoxy groups -OCH3 is 2. The van der Waals surface area contributed by atoms with E-state index in [2.05, 4.69) is 5.32 Å². The number of anilines is 2. The first kappa shape index (κ1) is 36.2. The minimum absolute atomic E-state index is 0.0473. The van der Waals surface area contributed by atoms with Gasteiger partial charge < -0.3 is 34.3 Å². The van der Waals surface area contributed by atoms with Crippen molar-refractivity contribution >= 4 is 46.7 Å². The standard InChI is InChI=1S/C36H41ClN2O9/c1-21-10-11-23(12-15-32(42)43)16-27(21)38-31(41)18-30-35(44)39(19-36(3,4)20-47-22(2)40)28-14-13-24(37)17-26(28)33(48-30)25-8-7-9-29(45-5)34(25)46-6/h7-11,13-14,16-17,30,33H,12,15,18-20H2,1-6H3,(H,38,41)(H,42,43)/t30-,33-/m1/s1. The fourth-order valence-electron chi connectivity index (χ4n) is 5.58.